The summed E-state index contributed by atoms with van der Waals surface area (Å²) in [5, 5.41) is 21.2. The van der Waals surface area contributed by atoms with Crippen LogP contribution in [0.1, 0.15) is 28.6 Å². The molecule has 1 aromatic carbocycles. The third-order valence-electron chi connectivity index (χ3n) is 6.82. The second-order valence-electron chi connectivity index (χ2n) is 8.97. The molecule has 35 heavy (non-hydrogen) atoms. The quantitative estimate of drug-likeness (QED) is 0.331. The smallest absolute Gasteiger partial charge is 0.295 e. The summed E-state index contributed by atoms with van der Waals surface area (Å²) >= 11 is 0. The molecule has 0 bridgehead atoms. The number of nitrogens with zero attached hydrogens (tertiary/aromatic N) is 4. The van der Waals surface area contributed by atoms with Crippen LogP contribution in [-0.4, -0.2) is 80.5 Å². The number of aryl methyl sites for hydroxylation is 2. The van der Waals surface area contributed by atoms with E-state index < -0.39 is 17.7 Å². The van der Waals surface area contributed by atoms with E-state index in [0.717, 1.165) is 18.7 Å². The second kappa shape index (κ2) is 9.16. The Balaban J connectivity index is 1.60. The zero-order chi connectivity index (χ0) is 24.7. The molecule has 0 aliphatic carbocycles. The van der Waals surface area contributed by atoms with Gasteiger partial charge in [-0.2, -0.15) is 0 Å². The van der Waals surface area contributed by atoms with E-state index in [1.807, 2.05) is 36.6 Å². The van der Waals surface area contributed by atoms with Gasteiger partial charge in [-0.1, -0.05) is 18.2 Å². The highest BCUT2D eigenvalue weighted by atomic mass is 16.5. The predicted molar refractivity (Wildman–Crippen MR) is 129 cm³/mol. The summed E-state index contributed by atoms with van der Waals surface area (Å²) in [4.78, 5) is 34.8. The molecular formula is C26H28N4O5. The van der Waals surface area contributed by atoms with Gasteiger partial charge in [-0.15, -0.1) is 0 Å². The first kappa shape index (κ1) is 23.1. The average molecular weight is 477 g/mol. The molecule has 0 spiro atoms. The van der Waals surface area contributed by atoms with Gasteiger partial charge >= 0.3 is 0 Å². The van der Waals surface area contributed by atoms with Crippen molar-refractivity contribution in [3.8, 4) is 5.75 Å². The van der Waals surface area contributed by atoms with E-state index in [2.05, 4.69) is 9.88 Å². The molecule has 2 fully saturated rings. The molecule has 182 valence electrons. The Morgan fingerprint density at radius 2 is 1.80 bits per heavy atom. The number of hydrogen-bond acceptors (Lipinski definition) is 7. The van der Waals surface area contributed by atoms with E-state index in [0.29, 0.717) is 43.2 Å². The number of aliphatic hydroxyl groups excluding tert-OH is 1. The number of hydrogen-bond donors (Lipinski definition) is 2. The predicted octanol–water partition coefficient (Wildman–Crippen LogP) is 2.41. The average Bonchev–Trinajstić information content (AvgIpc) is 3.33. The van der Waals surface area contributed by atoms with Gasteiger partial charge in [0.15, 0.2) is 5.76 Å². The van der Waals surface area contributed by atoms with Crippen molar-refractivity contribution in [2.45, 2.75) is 19.9 Å². The lowest BCUT2D eigenvalue weighted by molar-refractivity contribution is -0.140. The minimum atomic E-state index is -0.790. The number of carbonyl (C=O) groups excluding carboxylic acids is 2. The number of ether oxygens (including phenoxy) is 1. The second-order valence-corrected chi connectivity index (χ2v) is 8.97. The van der Waals surface area contributed by atoms with Crippen LogP contribution in [0.5, 0.6) is 5.75 Å². The highest BCUT2D eigenvalue weighted by molar-refractivity contribution is 6.46. The van der Waals surface area contributed by atoms with Gasteiger partial charge in [0.1, 0.15) is 17.1 Å². The van der Waals surface area contributed by atoms with E-state index >= 15 is 0 Å². The van der Waals surface area contributed by atoms with Gasteiger partial charge in [-0.25, -0.2) is 4.98 Å². The van der Waals surface area contributed by atoms with Crippen molar-refractivity contribution in [3.05, 3.63) is 70.7 Å². The standard InChI is InChI=1S/C26H28N4O5/c1-16-4-3-9-29-17(2)21(27-25(16)29)23(32)20-22(18-5-7-19(31)8-6-18)30(26(34)24(20)33)11-10-28-12-14-35-15-13-28/h3-9,22,31-32H,10-15H2,1-2H3. The van der Waals surface area contributed by atoms with Crippen LogP contribution in [0.25, 0.3) is 11.4 Å². The number of likely N-dealkylation sites (tertiary alicyclic amines) is 1. The van der Waals surface area contributed by atoms with Crippen molar-refractivity contribution in [2.24, 2.45) is 0 Å². The van der Waals surface area contributed by atoms with Crippen LogP contribution in [0.4, 0.5) is 0 Å². The number of aromatic nitrogens is 2. The topological polar surface area (TPSA) is 108 Å². The molecule has 2 aliphatic rings. The normalized spacial score (nSPS) is 20.7. The van der Waals surface area contributed by atoms with Crippen molar-refractivity contribution >= 4 is 23.1 Å². The Hall–Kier alpha value is -3.69. The van der Waals surface area contributed by atoms with Crippen molar-refractivity contribution in [1.82, 2.24) is 19.2 Å². The highest BCUT2D eigenvalue weighted by Crippen LogP contribution is 2.40. The van der Waals surface area contributed by atoms with Gasteiger partial charge in [0, 0.05) is 32.4 Å². The van der Waals surface area contributed by atoms with Gasteiger partial charge in [-0.3, -0.25) is 14.5 Å². The van der Waals surface area contributed by atoms with Crippen molar-refractivity contribution in [1.29, 1.82) is 0 Å². The Morgan fingerprint density at radius 3 is 2.49 bits per heavy atom. The maximum Gasteiger partial charge on any atom is 0.295 e. The molecule has 0 radical (unpaired) electrons. The number of carbonyl (C=O) groups is 2. The van der Waals surface area contributed by atoms with Gasteiger partial charge in [0.05, 0.1) is 30.5 Å². The van der Waals surface area contributed by atoms with E-state index in [9.17, 15) is 19.8 Å². The van der Waals surface area contributed by atoms with E-state index in [1.165, 1.54) is 17.0 Å². The molecule has 9 nitrogen and oxygen atoms in total. The molecule has 2 saturated heterocycles. The minimum absolute atomic E-state index is 0.00632. The number of fused-ring (bicyclic) bond motifs is 1. The Labute approximate surface area is 202 Å². The summed E-state index contributed by atoms with van der Waals surface area (Å²) in [5.41, 5.74) is 3.18. The molecule has 4 heterocycles. The molecule has 2 aromatic heterocycles. The third kappa shape index (κ3) is 4.06. The van der Waals surface area contributed by atoms with Crippen LogP contribution in [0, 0.1) is 13.8 Å². The number of amides is 1. The van der Waals surface area contributed by atoms with E-state index in [4.69, 9.17) is 4.74 Å². The number of aliphatic hydroxyl groups is 1. The number of imidazole rings is 1. The van der Waals surface area contributed by atoms with Crippen molar-refractivity contribution in [3.63, 3.8) is 0 Å². The zero-order valence-electron chi connectivity index (χ0n) is 19.8. The van der Waals surface area contributed by atoms with Gasteiger partial charge in [0.2, 0.25) is 0 Å². The summed E-state index contributed by atoms with van der Waals surface area (Å²) in [6, 6.07) is 9.38. The monoisotopic (exact) mass is 476 g/mol. The SMILES string of the molecule is Cc1cccn2c(C)c(C(O)=C3C(=O)C(=O)N(CCN4CCOCC4)C3c3ccc(O)cc3)nc12. The zero-order valence-corrected chi connectivity index (χ0v) is 19.8. The lowest BCUT2D eigenvalue weighted by Gasteiger charge is -2.31. The highest BCUT2D eigenvalue weighted by Gasteiger charge is 2.46. The molecule has 1 amide bonds. The molecule has 2 aliphatic heterocycles. The molecule has 2 N–H and O–H groups in total. The van der Waals surface area contributed by atoms with Gasteiger partial charge < -0.3 is 24.3 Å². The molecule has 0 saturated carbocycles. The molecule has 1 unspecified atom stereocenters. The molecule has 1 atom stereocenters. The largest absolute Gasteiger partial charge is 0.508 e. The van der Waals surface area contributed by atoms with Crippen molar-refractivity contribution < 1.29 is 24.5 Å². The molecular weight excluding hydrogens is 448 g/mol. The lowest BCUT2D eigenvalue weighted by Crippen LogP contribution is -2.42. The number of Topliss-reactive ketones (excluding diaryl/α,β-unsaturated/α-hetero) is 1. The number of phenolic OH excluding ortho intramolecular Hbond substituents is 1. The fourth-order valence-corrected chi connectivity index (χ4v) is 4.86. The van der Waals surface area contributed by atoms with Crippen LogP contribution < -0.4 is 0 Å². The fraction of sp³-hybridized carbons (Fsp3) is 0.346. The molecule has 9 heteroatoms. The van der Waals surface area contributed by atoms with E-state index in [-0.39, 0.29) is 22.8 Å². The minimum Gasteiger partial charge on any atom is -0.508 e. The maximum atomic E-state index is 13.3. The van der Waals surface area contributed by atoms with Crippen LogP contribution in [-0.2, 0) is 14.3 Å². The maximum absolute atomic E-state index is 13.3. The number of phenols is 1. The number of aromatic hydroxyl groups is 1. The van der Waals surface area contributed by atoms with Crippen LogP contribution in [0.15, 0.2) is 48.2 Å². The Morgan fingerprint density at radius 1 is 1.09 bits per heavy atom. The Bertz CT molecular complexity index is 1320. The number of rotatable bonds is 5. The molecule has 3 aromatic rings. The summed E-state index contributed by atoms with van der Waals surface area (Å²) < 4.78 is 7.26. The number of morpholine rings is 1. The van der Waals surface area contributed by atoms with Crippen LogP contribution in [0.3, 0.4) is 0 Å². The first-order chi connectivity index (χ1) is 16.9. The first-order valence-corrected chi connectivity index (χ1v) is 11.7. The fourth-order valence-electron chi connectivity index (χ4n) is 4.86. The first-order valence-electron chi connectivity index (χ1n) is 11.7. The molecule has 5 rings (SSSR count). The lowest BCUT2D eigenvalue weighted by atomic mass is 9.96. The van der Waals surface area contributed by atoms with Crippen LogP contribution >= 0.6 is 0 Å². The number of benzene rings is 1. The third-order valence-corrected chi connectivity index (χ3v) is 6.82. The van der Waals surface area contributed by atoms with Gasteiger partial charge in [0.25, 0.3) is 11.7 Å². The summed E-state index contributed by atoms with van der Waals surface area (Å²) in [6.07, 6.45) is 1.85. The Kier molecular flexibility index (Phi) is 6.04. The van der Waals surface area contributed by atoms with E-state index in [1.54, 1.807) is 12.1 Å². The van der Waals surface area contributed by atoms with Gasteiger partial charge in [-0.05, 0) is 43.2 Å². The summed E-state index contributed by atoms with van der Waals surface area (Å²) in [7, 11) is 0. The number of pyridine rings is 1. The van der Waals surface area contributed by atoms with Crippen molar-refractivity contribution in [2.75, 3.05) is 39.4 Å². The van der Waals surface area contributed by atoms with Crippen LogP contribution in [0.2, 0.25) is 0 Å². The summed E-state index contributed by atoms with van der Waals surface area (Å²) in [6.45, 7) is 7.42. The number of ketones is 1. The summed E-state index contributed by atoms with van der Waals surface area (Å²) in [5.74, 6) is -1.62.